The molecule has 1 N–H and O–H groups in total. The molecule has 0 aliphatic rings. The van der Waals surface area contributed by atoms with Crippen LogP contribution in [0.2, 0.25) is 0 Å². The highest BCUT2D eigenvalue weighted by molar-refractivity contribution is 5.28. The van der Waals surface area contributed by atoms with E-state index in [0.717, 1.165) is 30.8 Å². The smallest absolute Gasteiger partial charge is 0.226 e. The summed E-state index contributed by atoms with van der Waals surface area (Å²) < 4.78 is 11.2. The van der Waals surface area contributed by atoms with Gasteiger partial charge in [0.2, 0.25) is 5.89 Å². The predicted molar refractivity (Wildman–Crippen MR) is 110 cm³/mol. The lowest BCUT2D eigenvalue weighted by Crippen LogP contribution is -2.23. The van der Waals surface area contributed by atoms with Crippen molar-refractivity contribution in [3.05, 3.63) is 77.4 Å². The molecule has 3 rings (SSSR count). The van der Waals surface area contributed by atoms with E-state index < -0.39 is 0 Å². The molecule has 1 unspecified atom stereocenters. The standard InChI is InChI=1S/C23H29N3O2/c1-4-8-21-25-23(26-28-21)22(19-9-6-5-7-10-19)24-15-18-11-13-20(14-12-18)27-16-17(2)3/h5-7,9-14,17,22,24H,4,8,15-16H2,1-3H3. The molecule has 0 saturated carbocycles. The van der Waals surface area contributed by atoms with Crippen LogP contribution in [0.5, 0.6) is 5.75 Å². The zero-order chi connectivity index (χ0) is 19.8. The predicted octanol–water partition coefficient (Wildman–Crippen LogP) is 4.94. The van der Waals surface area contributed by atoms with E-state index in [1.807, 2.05) is 30.3 Å². The van der Waals surface area contributed by atoms with Crippen LogP contribution in [0.1, 0.15) is 56.1 Å². The molecule has 0 fully saturated rings. The van der Waals surface area contributed by atoms with Gasteiger partial charge in [0, 0.05) is 13.0 Å². The molecule has 5 heteroatoms. The van der Waals surface area contributed by atoms with Crippen molar-refractivity contribution in [3.63, 3.8) is 0 Å². The number of aromatic nitrogens is 2. The second-order valence-corrected chi connectivity index (χ2v) is 7.37. The van der Waals surface area contributed by atoms with Crippen molar-refractivity contribution in [3.8, 4) is 5.75 Å². The van der Waals surface area contributed by atoms with E-state index in [1.54, 1.807) is 0 Å². The van der Waals surface area contributed by atoms with E-state index >= 15 is 0 Å². The second-order valence-electron chi connectivity index (χ2n) is 7.37. The van der Waals surface area contributed by atoms with Gasteiger partial charge in [0.1, 0.15) is 5.75 Å². The van der Waals surface area contributed by atoms with Gasteiger partial charge in [-0.25, -0.2) is 0 Å². The Morgan fingerprint density at radius 3 is 2.46 bits per heavy atom. The molecule has 0 spiro atoms. The van der Waals surface area contributed by atoms with Crippen LogP contribution in [0, 0.1) is 5.92 Å². The highest BCUT2D eigenvalue weighted by Gasteiger charge is 2.19. The highest BCUT2D eigenvalue weighted by atomic mass is 16.5. The van der Waals surface area contributed by atoms with Gasteiger partial charge in [0.15, 0.2) is 5.82 Å². The van der Waals surface area contributed by atoms with Gasteiger partial charge in [0.05, 0.1) is 12.6 Å². The molecular formula is C23H29N3O2. The normalized spacial score (nSPS) is 12.3. The molecule has 0 saturated heterocycles. The van der Waals surface area contributed by atoms with Crippen LogP contribution in [-0.4, -0.2) is 16.7 Å². The first-order valence-electron chi connectivity index (χ1n) is 9.98. The number of aryl methyl sites for hydroxylation is 1. The molecule has 28 heavy (non-hydrogen) atoms. The Labute approximate surface area is 167 Å². The average Bonchev–Trinajstić information content (AvgIpc) is 3.17. The molecule has 1 atom stereocenters. The van der Waals surface area contributed by atoms with Gasteiger partial charge in [-0.15, -0.1) is 0 Å². The summed E-state index contributed by atoms with van der Waals surface area (Å²) in [5.41, 5.74) is 2.29. The quantitative estimate of drug-likeness (QED) is 0.541. The second kappa shape index (κ2) is 10.0. The van der Waals surface area contributed by atoms with Gasteiger partial charge in [-0.2, -0.15) is 4.98 Å². The van der Waals surface area contributed by atoms with Gasteiger partial charge < -0.3 is 9.26 Å². The molecular weight excluding hydrogens is 350 g/mol. The van der Waals surface area contributed by atoms with Crippen molar-refractivity contribution in [1.29, 1.82) is 0 Å². The van der Waals surface area contributed by atoms with E-state index in [0.29, 0.717) is 24.2 Å². The van der Waals surface area contributed by atoms with Gasteiger partial charge in [-0.3, -0.25) is 5.32 Å². The van der Waals surface area contributed by atoms with Crippen molar-refractivity contribution in [2.24, 2.45) is 5.92 Å². The van der Waals surface area contributed by atoms with Crippen molar-refractivity contribution < 1.29 is 9.26 Å². The molecule has 0 aliphatic carbocycles. The molecule has 0 bridgehead atoms. The lowest BCUT2D eigenvalue weighted by atomic mass is 10.1. The van der Waals surface area contributed by atoms with Gasteiger partial charge in [0.25, 0.3) is 0 Å². The Kier molecular flexibility index (Phi) is 7.20. The largest absolute Gasteiger partial charge is 0.493 e. The summed E-state index contributed by atoms with van der Waals surface area (Å²) in [6.45, 7) is 7.82. The van der Waals surface area contributed by atoms with Crippen LogP contribution >= 0.6 is 0 Å². The fourth-order valence-corrected chi connectivity index (χ4v) is 2.89. The number of ether oxygens (including phenoxy) is 1. The maximum atomic E-state index is 5.76. The summed E-state index contributed by atoms with van der Waals surface area (Å²) in [7, 11) is 0. The van der Waals surface area contributed by atoms with E-state index in [1.165, 1.54) is 5.56 Å². The number of benzene rings is 2. The fourth-order valence-electron chi connectivity index (χ4n) is 2.89. The van der Waals surface area contributed by atoms with E-state index in [-0.39, 0.29) is 6.04 Å². The average molecular weight is 380 g/mol. The summed E-state index contributed by atoms with van der Waals surface area (Å²) in [5, 5.41) is 7.78. The van der Waals surface area contributed by atoms with Crippen LogP contribution in [0.4, 0.5) is 0 Å². The molecule has 0 aliphatic heterocycles. The van der Waals surface area contributed by atoms with Crippen LogP contribution in [0.15, 0.2) is 59.1 Å². The number of nitrogens with zero attached hydrogens (tertiary/aromatic N) is 2. The SMILES string of the molecule is CCCc1nc(C(NCc2ccc(OCC(C)C)cc2)c2ccccc2)no1. The maximum Gasteiger partial charge on any atom is 0.226 e. The van der Waals surface area contributed by atoms with E-state index in [2.05, 4.69) is 60.5 Å². The third-order valence-electron chi connectivity index (χ3n) is 4.36. The fraction of sp³-hybridized carbons (Fsp3) is 0.391. The van der Waals surface area contributed by atoms with Gasteiger partial charge >= 0.3 is 0 Å². The minimum absolute atomic E-state index is 0.118. The summed E-state index contributed by atoms with van der Waals surface area (Å²) in [6, 6.07) is 18.3. The zero-order valence-corrected chi connectivity index (χ0v) is 16.9. The molecule has 3 aromatic rings. The Morgan fingerprint density at radius 2 is 1.79 bits per heavy atom. The van der Waals surface area contributed by atoms with Crippen LogP contribution < -0.4 is 10.1 Å². The van der Waals surface area contributed by atoms with E-state index in [9.17, 15) is 0 Å². The lowest BCUT2D eigenvalue weighted by Gasteiger charge is -2.16. The van der Waals surface area contributed by atoms with Crippen molar-refractivity contribution in [2.45, 2.75) is 46.2 Å². The molecule has 0 radical (unpaired) electrons. The first-order valence-corrected chi connectivity index (χ1v) is 9.98. The Morgan fingerprint density at radius 1 is 1.04 bits per heavy atom. The Hall–Kier alpha value is -2.66. The topological polar surface area (TPSA) is 60.2 Å². The van der Waals surface area contributed by atoms with Crippen molar-refractivity contribution >= 4 is 0 Å². The van der Waals surface area contributed by atoms with Crippen LogP contribution in [0.3, 0.4) is 0 Å². The van der Waals surface area contributed by atoms with Crippen molar-refractivity contribution in [2.75, 3.05) is 6.61 Å². The minimum Gasteiger partial charge on any atom is -0.493 e. The molecule has 148 valence electrons. The summed E-state index contributed by atoms with van der Waals surface area (Å²) in [4.78, 5) is 4.58. The number of hydrogen-bond donors (Lipinski definition) is 1. The summed E-state index contributed by atoms with van der Waals surface area (Å²) in [5.74, 6) is 2.78. The van der Waals surface area contributed by atoms with Crippen molar-refractivity contribution in [1.82, 2.24) is 15.5 Å². The van der Waals surface area contributed by atoms with Crippen LogP contribution in [0.25, 0.3) is 0 Å². The maximum absolute atomic E-state index is 5.76. The Bertz CT molecular complexity index is 829. The number of nitrogens with one attached hydrogen (secondary N) is 1. The number of rotatable bonds is 10. The third-order valence-corrected chi connectivity index (χ3v) is 4.36. The zero-order valence-electron chi connectivity index (χ0n) is 16.9. The summed E-state index contributed by atoms with van der Waals surface area (Å²) in [6.07, 6.45) is 1.78. The third kappa shape index (κ3) is 5.67. The number of hydrogen-bond acceptors (Lipinski definition) is 5. The molecule has 2 aromatic carbocycles. The Balaban J connectivity index is 1.69. The van der Waals surface area contributed by atoms with E-state index in [4.69, 9.17) is 9.26 Å². The highest BCUT2D eigenvalue weighted by Crippen LogP contribution is 2.21. The minimum atomic E-state index is -0.118. The summed E-state index contributed by atoms with van der Waals surface area (Å²) >= 11 is 0. The molecule has 1 heterocycles. The molecule has 1 aromatic heterocycles. The lowest BCUT2D eigenvalue weighted by molar-refractivity contribution is 0.271. The first-order chi connectivity index (χ1) is 13.7. The van der Waals surface area contributed by atoms with Gasteiger partial charge in [-0.05, 0) is 35.6 Å². The van der Waals surface area contributed by atoms with Gasteiger partial charge in [-0.1, -0.05) is 68.4 Å². The monoisotopic (exact) mass is 379 g/mol. The van der Waals surface area contributed by atoms with Crippen LogP contribution in [-0.2, 0) is 13.0 Å². The molecule has 0 amide bonds. The first kappa shape index (κ1) is 20.1. The molecule has 5 nitrogen and oxygen atoms in total.